The highest BCUT2D eigenvalue weighted by atomic mass is 19.4. The van der Waals surface area contributed by atoms with Crippen molar-refractivity contribution in [2.45, 2.75) is 52.3 Å². The van der Waals surface area contributed by atoms with Crippen LogP contribution in [0.2, 0.25) is 0 Å². The minimum absolute atomic E-state index is 0.152. The topological polar surface area (TPSA) is 38.2 Å². The lowest BCUT2D eigenvalue weighted by Crippen LogP contribution is -2.19. The zero-order valence-electron chi connectivity index (χ0n) is 15.5. The van der Waals surface area contributed by atoms with E-state index in [-0.39, 0.29) is 12.1 Å². The maximum Gasteiger partial charge on any atom is 0.423 e. The summed E-state index contributed by atoms with van der Waals surface area (Å²) in [6.07, 6.45) is -1.56. The van der Waals surface area contributed by atoms with E-state index in [0.29, 0.717) is 6.42 Å². The second-order valence-corrected chi connectivity index (χ2v) is 6.20. The van der Waals surface area contributed by atoms with Crippen LogP contribution in [0.4, 0.5) is 24.8 Å². The maximum atomic E-state index is 13.2. The van der Waals surface area contributed by atoms with E-state index >= 15 is 0 Å². The molecule has 1 aromatic carbocycles. The van der Waals surface area contributed by atoms with Crippen molar-refractivity contribution in [2.24, 2.45) is 0 Å². The number of hydrogen-bond acceptors (Lipinski definition) is 4. The van der Waals surface area contributed by atoms with E-state index in [0.717, 1.165) is 24.7 Å². The van der Waals surface area contributed by atoms with Gasteiger partial charge in [0.2, 0.25) is 11.8 Å². The van der Waals surface area contributed by atoms with Gasteiger partial charge < -0.3 is 9.64 Å². The van der Waals surface area contributed by atoms with E-state index in [9.17, 15) is 13.2 Å². The summed E-state index contributed by atoms with van der Waals surface area (Å²) < 4.78 is 45.0. The molecule has 7 heteroatoms. The van der Waals surface area contributed by atoms with Crippen molar-refractivity contribution in [1.82, 2.24) is 9.97 Å². The number of ether oxygens (including phenoxy) is 1. The molecule has 4 nitrogen and oxygen atoms in total. The zero-order chi connectivity index (χ0) is 19.3. The second kappa shape index (κ2) is 8.38. The summed E-state index contributed by atoms with van der Waals surface area (Å²) >= 11 is 0. The highest BCUT2D eigenvalue weighted by Gasteiger charge is 2.37. The molecule has 0 saturated heterocycles. The standard InChI is InChI=1S/C19H24F3N3O/c1-5-7-14-8-10-15(11-9-14)25(4)18-23-12-16(19(20,21)22)17(24-18)26-13(3)6-2/h8-13H,5-7H2,1-4H3. The van der Waals surface area contributed by atoms with Crippen LogP contribution in [0.1, 0.15) is 44.7 Å². The molecule has 26 heavy (non-hydrogen) atoms. The Morgan fingerprint density at radius 2 is 1.81 bits per heavy atom. The van der Waals surface area contributed by atoms with Crippen LogP contribution in [0.5, 0.6) is 5.88 Å². The van der Waals surface area contributed by atoms with E-state index in [1.165, 1.54) is 5.56 Å². The van der Waals surface area contributed by atoms with Crippen LogP contribution in [0.15, 0.2) is 30.5 Å². The van der Waals surface area contributed by atoms with E-state index in [1.807, 2.05) is 31.2 Å². The predicted molar refractivity (Wildman–Crippen MR) is 95.9 cm³/mol. The summed E-state index contributed by atoms with van der Waals surface area (Å²) in [4.78, 5) is 9.56. The molecule has 0 aliphatic heterocycles. The van der Waals surface area contributed by atoms with Crippen molar-refractivity contribution in [2.75, 3.05) is 11.9 Å². The highest BCUT2D eigenvalue weighted by molar-refractivity contribution is 5.57. The third-order valence-electron chi connectivity index (χ3n) is 4.10. The normalized spacial score (nSPS) is 12.7. The number of aromatic nitrogens is 2. The van der Waals surface area contributed by atoms with E-state index in [4.69, 9.17) is 4.74 Å². The molecule has 1 aromatic heterocycles. The summed E-state index contributed by atoms with van der Waals surface area (Å²) in [7, 11) is 1.71. The van der Waals surface area contributed by atoms with Crippen molar-refractivity contribution in [3.05, 3.63) is 41.6 Å². The summed E-state index contributed by atoms with van der Waals surface area (Å²) in [5, 5.41) is 0. The first kappa shape index (κ1) is 20.0. The fraction of sp³-hybridized carbons (Fsp3) is 0.474. The minimum Gasteiger partial charge on any atom is -0.474 e. The minimum atomic E-state index is -4.57. The van der Waals surface area contributed by atoms with Crippen molar-refractivity contribution in [3.8, 4) is 5.88 Å². The molecule has 1 atom stereocenters. The van der Waals surface area contributed by atoms with Gasteiger partial charge in [-0.2, -0.15) is 18.2 Å². The van der Waals surface area contributed by atoms with E-state index in [2.05, 4.69) is 16.9 Å². The van der Waals surface area contributed by atoms with Crippen molar-refractivity contribution in [1.29, 1.82) is 0 Å². The molecule has 2 aromatic rings. The summed E-state index contributed by atoms with van der Waals surface area (Å²) in [5.74, 6) is -0.286. The number of nitrogens with zero attached hydrogens (tertiary/aromatic N) is 3. The Labute approximate surface area is 152 Å². The van der Waals surface area contributed by atoms with Gasteiger partial charge in [0.05, 0.1) is 6.10 Å². The summed E-state index contributed by atoms with van der Waals surface area (Å²) in [5.41, 5.74) is 1.03. The molecule has 0 fully saturated rings. The molecule has 1 heterocycles. The van der Waals surface area contributed by atoms with Crippen LogP contribution >= 0.6 is 0 Å². The van der Waals surface area contributed by atoms with Crippen molar-refractivity contribution >= 4 is 11.6 Å². The van der Waals surface area contributed by atoms with Gasteiger partial charge in [-0.15, -0.1) is 0 Å². The number of alkyl halides is 3. The zero-order valence-corrected chi connectivity index (χ0v) is 15.5. The Hall–Kier alpha value is -2.31. The first-order valence-electron chi connectivity index (χ1n) is 8.69. The predicted octanol–water partition coefficient (Wildman–Crippen LogP) is 5.39. The highest BCUT2D eigenvalue weighted by Crippen LogP contribution is 2.36. The quantitative estimate of drug-likeness (QED) is 0.657. The van der Waals surface area contributed by atoms with E-state index in [1.54, 1.807) is 18.9 Å². The molecule has 2 rings (SSSR count). The number of halogens is 3. The fourth-order valence-electron chi connectivity index (χ4n) is 2.37. The van der Waals surface area contributed by atoms with Gasteiger partial charge in [0.1, 0.15) is 5.56 Å². The van der Waals surface area contributed by atoms with Crippen LogP contribution in [-0.4, -0.2) is 23.1 Å². The molecule has 0 amide bonds. The lowest BCUT2D eigenvalue weighted by atomic mass is 10.1. The average Bonchev–Trinajstić information content (AvgIpc) is 2.61. The maximum absolute atomic E-state index is 13.2. The van der Waals surface area contributed by atoms with Crippen LogP contribution in [-0.2, 0) is 12.6 Å². The van der Waals surface area contributed by atoms with Crippen LogP contribution in [0.3, 0.4) is 0 Å². The molecule has 0 bridgehead atoms. The molecular formula is C19H24F3N3O. The molecule has 0 radical (unpaired) electrons. The molecule has 142 valence electrons. The first-order chi connectivity index (χ1) is 12.3. The van der Waals surface area contributed by atoms with Gasteiger partial charge >= 0.3 is 6.18 Å². The van der Waals surface area contributed by atoms with E-state index < -0.39 is 17.6 Å². The van der Waals surface area contributed by atoms with Crippen LogP contribution < -0.4 is 9.64 Å². The molecular weight excluding hydrogens is 343 g/mol. The lowest BCUT2D eigenvalue weighted by molar-refractivity contribution is -0.139. The second-order valence-electron chi connectivity index (χ2n) is 6.20. The molecule has 0 spiro atoms. The Kier molecular flexibility index (Phi) is 6.45. The summed E-state index contributed by atoms with van der Waals surface area (Å²) in [6.45, 7) is 5.65. The number of hydrogen-bond donors (Lipinski definition) is 0. The van der Waals surface area contributed by atoms with Gasteiger partial charge in [0, 0.05) is 18.9 Å². The van der Waals surface area contributed by atoms with Crippen LogP contribution in [0, 0.1) is 0 Å². The van der Waals surface area contributed by atoms with Gasteiger partial charge in [-0.1, -0.05) is 32.4 Å². The van der Waals surface area contributed by atoms with Crippen LogP contribution in [0.25, 0.3) is 0 Å². The van der Waals surface area contributed by atoms with Crippen molar-refractivity contribution in [3.63, 3.8) is 0 Å². The third kappa shape index (κ3) is 4.86. The molecule has 0 aliphatic rings. The smallest absolute Gasteiger partial charge is 0.423 e. The number of anilines is 2. The Bertz CT molecular complexity index is 717. The number of rotatable bonds is 7. The Morgan fingerprint density at radius 3 is 2.35 bits per heavy atom. The van der Waals surface area contributed by atoms with Gasteiger partial charge in [-0.05, 0) is 37.5 Å². The van der Waals surface area contributed by atoms with Gasteiger partial charge in [0.15, 0.2) is 0 Å². The Balaban J connectivity index is 2.34. The van der Waals surface area contributed by atoms with Crippen molar-refractivity contribution < 1.29 is 17.9 Å². The number of aryl methyl sites for hydroxylation is 1. The molecule has 1 unspecified atom stereocenters. The molecule has 0 N–H and O–H groups in total. The number of benzene rings is 1. The SMILES string of the molecule is CCCc1ccc(N(C)c2ncc(C(F)(F)F)c(OC(C)CC)n2)cc1. The van der Waals surface area contributed by atoms with Gasteiger partial charge in [0.25, 0.3) is 0 Å². The Morgan fingerprint density at radius 1 is 1.15 bits per heavy atom. The molecule has 0 aliphatic carbocycles. The third-order valence-corrected chi connectivity index (χ3v) is 4.10. The largest absolute Gasteiger partial charge is 0.474 e. The van der Waals surface area contributed by atoms with Gasteiger partial charge in [-0.3, -0.25) is 0 Å². The molecule has 0 saturated carbocycles. The first-order valence-corrected chi connectivity index (χ1v) is 8.69. The summed E-state index contributed by atoms with van der Waals surface area (Å²) in [6, 6.07) is 7.80. The lowest BCUT2D eigenvalue weighted by Gasteiger charge is -2.21. The fourth-order valence-corrected chi connectivity index (χ4v) is 2.37. The van der Waals surface area contributed by atoms with Gasteiger partial charge in [-0.25, -0.2) is 4.98 Å². The monoisotopic (exact) mass is 367 g/mol. The average molecular weight is 367 g/mol.